The molecule has 0 spiro atoms. The Balaban J connectivity index is 2.08. The van der Waals surface area contributed by atoms with Crippen molar-refractivity contribution in [1.29, 1.82) is 0 Å². The molecule has 0 N–H and O–H groups in total. The normalized spacial score (nSPS) is 16.3. The fourth-order valence-corrected chi connectivity index (χ4v) is 3.04. The SMILES string of the molecule is COC(=O)c1cccc2c1OC=C1CC=CC=C1S2. The minimum absolute atomic E-state index is 0.382. The lowest BCUT2D eigenvalue weighted by atomic mass is 10.1. The first-order chi connectivity index (χ1) is 9.29. The Morgan fingerprint density at radius 2 is 2.32 bits per heavy atom. The molecule has 0 aromatic heterocycles. The minimum atomic E-state index is -0.382. The minimum Gasteiger partial charge on any atom is -0.465 e. The predicted octanol–water partition coefficient (Wildman–Crippen LogP) is 3.69. The van der Waals surface area contributed by atoms with Crippen LogP contribution in [0.25, 0.3) is 0 Å². The first kappa shape index (κ1) is 12.1. The molecule has 0 amide bonds. The van der Waals surface area contributed by atoms with Gasteiger partial charge in [0, 0.05) is 10.5 Å². The zero-order chi connectivity index (χ0) is 13.2. The number of hydrogen-bond donors (Lipinski definition) is 0. The summed E-state index contributed by atoms with van der Waals surface area (Å²) in [4.78, 5) is 13.8. The van der Waals surface area contributed by atoms with Crippen molar-refractivity contribution in [1.82, 2.24) is 0 Å². The van der Waals surface area contributed by atoms with Crippen LogP contribution in [0.3, 0.4) is 0 Å². The number of methoxy groups -OCH3 is 1. The van der Waals surface area contributed by atoms with Gasteiger partial charge < -0.3 is 9.47 Å². The third-order valence-corrected chi connectivity index (χ3v) is 4.12. The summed E-state index contributed by atoms with van der Waals surface area (Å²) in [7, 11) is 1.37. The second-order valence-electron chi connectivity index (χ2n) is 4.15. The molecule has 0 saturated carbocycles. The van der Waals surface area contributed by atoms with Crippen LogP contribution in [0, 0.1) is 0 Å². The molecule has 0 atom stereocenters. The molecule has 0 saturated heterocycles. The van der Waals surface area contributed by atoms with Crippen LogP contribution in [0.2, 0.25) is 0 Å². The van der Waals surface area contributed by atoms with E-state index in [9.17, 15) is 4.79 Å². The van der Waals surface area contributed by atoms with Crippen molar-refractivity contribution in [2.75, 3.05) is 7.11 Å². The van der Waals surface area contributed by atoms with Crippen LogP contribution in [0.1, 0.15) is 16.8 Å². The van der Waals surface area contributed by atoms with Gasteiger partial charge in [-0.1, -0.05) is 30.0 Å². The summed E-state index contributed by atoms with van der Waals surface area (Å²) in [6.45, 7) is 0. The van der Waals surface area contributed by atoms with Crippen molar-refractivity contribution in [3.63, 3.8) is 0 Å². The maximum atomic E-state index is 11.8. The second kappa shape index (κ2) is 4.97. The Bertz CT molecular complexity index is 626. The molecular weight excluding hydrogens is 260 g/mol. The summed E-state index contributed by atoms with van der Waals surface area (Å²) in [6.07, 6.45) is 8.75. The van der Waals surface area contributed by atoms with Crippen LogP contribution in [0.15, 0.2) is 58.1 Å². The number of allylic oxidation sites excluding steroid dienone is 4. The largest absolute Gasteiger partial charge is 0.465 e. The standard InChI is InChI=1S/C15H12O3S/c1-17-15(16)11-6-4-8-13-14(11)18-9-10-5-2-3-7-12(10)19-13/h2-4,6-9H,5H2,1H3. The zero-order valence-electron chi connectivity index (χ0n) is 10.4. The fourth-order valence-electron chi connectivity index (χ4n) is 2.00. The number of rotatable bonds is 1. The summed E-state index contributed by atoms with van der Waals surface area (Å²) >= 11 is 1.61. The van der Waals surface area contributed by atoms with Crippen LogP contribution in [0.5, 0.6) is 5.75 Å². The van der Waals surface area contributed by atoms with E-state index in [0.29, 0.717) is 11.3 Å². The molecule has 1 aromatic carbocycles. The lowest BCUT2D eigenvalue weighted by molar-refractivity contribution is 0.0597. The van der Waals surface area contributed by atoms with Crippen molar-refractivity contribution < 1.29 is 14.3 Å². The van der Waals surface area contributed by atoms with Crippen molar-refractivity contribution in [3.05, 3.63) is 58.7 Å². The number of ether oxygens (including phenoxy) is 2. The molecule has 3 rings (SSSR count). The average molecular weight is 272 g/mol. The van der Waals surface area contributed by atoms with Gasteiger partial charge in [0.05, 0.1) is 18.3 Å². The van der Waals surface area contributed by atoms with Gasteiger partial charge >= 0.3 is 5.97 Å². The Morgan fingerprint density at radius 3 is 3.16 bits per heavy atom. The van der Waals surface area contributed by atoms with Crippen LogP contribution in [-0.2, 0) is 4.74 Å². The van der Waals surface area contributed by atoms with Gasteiger partial charge in [-0.05, 0) is 24.6 Å². The Labute approximate surface area is 115 Å². The summed E-state index contributed by atoms with van der Waals surface area (Å²) in [6, 6.07) is 5.50. The summed E-state index contributed by atoms with van der Waals surface area (Å²) in [5.74, 6) is 0.190. The van der Waals surface area contributed by atoms with Crippen LogP contribution >= 0.6 is 11.8 Å². The van der Waals surface area contributed by atoms with Gasteiger partial charge in [-0.15, -0.1) is 0 Å². The lowest BCUT2D eigenvalue weighted by Crippen LogP contribution is -2.04. The predicted molar refractivity (Wildman–Crippen MR) is 74.2 cm³/mol. The Morgan fingerprint density at radius 1 is 1.42 bits per heavy atom. The van der Waals surface area contributed by atoms with Crippen molar-refractivity contribution in [3.8, 4) is 5.75 Å². The highest BCUT2D eigenvalue weighted by molar-refractivity contribution is 8.03. The smallest absolute Gasteiger partial charge is 0.341 e. The van der Waals surface area contributed by atoms with E-state index in [4.69, 9.17) is 9.47 Å². The molecule has 0 bridgehead atoms. The number of esters is 1. The van der Waals surface area contributed by atoms with Crippen molar-refractivity contribution >= 4 is 17.7 Å². The summed E-state index contributed by atoms with van der Waals surface area (Å²) in [5, 5.41) is 0. The van der Waals surface area contributed by atoms with Crippen LogP contribution in [0.4, 0.5) is 0 Å². The number of fused-ring (bicyclic) bond motifs is 2. The third-order valence-electron chi connectivity index (χ3n) is 2.96. The number of benzene rings is 1. The quantitative estimate of drug-likeness (QED) is 0.730. The van der Waals surface area contributed by atoms with Crippen molar-refractivity contribution in [2.45, 2.75) is 11.3 Å². The van der Waals surface area contributed by atoms with E-state index < -0.39 is 0 Å². The molecule has 1 aliphatic heterocycles. The number of para-hydroxylation sites is 1. The number of thioether (sulfide) groups is 1. The van der Waals surface area contributed by atoms with Gasteiger partial charge in [-0.3, -0.25) is 0 Å². The topological polar surface area (TPSA) is 35.5 Å². The maximum Gasteiger partial charge on any atom is 0.341 e. The van der Waals surface area contributed by atoms with Gasteiger partial charge in [0.15, 0.2) is 5.75 Å². The third kappa shape index (κ3) is 2.19. The second-order valence-corrected chi connectivity index (χ2v) is 5.23. The number of carbonyl (C=O) groups excluding carboxylic acids is 1. The van der Waals surface area contributed by atoms with Gasteiger partial charge in [0.25, 0.3) is 0 Å². The van der Waals surface area contributed by atoms with Crippen molar-refractivity contribution in [2.24, 2.45) is 0 Å². The molecule has 2 aliphatic rings. The van der Waals surface area contributed by atoms with Gasteiger partial charge in [0.2, 0.25) is 0 Å². The van der Waals surface area contributed by atoms with Gasteiger partial charge in [0.1, 0.15) is 5.56 Å². The fraction of sp³-hybridized carbons (Fsp3) is 0.133. The highest BCUT2D eigenvalue weighted by Gasteiger charge is 2.22. The van der Waals surface area contributed by atoms with E-state index in [0.717, 1.165) is 21.8 Å². The highest BCUT2D eigenvalue weighted by atomic mass is 32.2. The molecule has 96 valence electrons. The van der Waals surface area contributed by atoms with E-state index in [1.54, 1.807) is 24.1 Å². The number of carbonyl (C=O) groups is 1. The molecular formula is C15H12O3S. The van der Waals surface area contributed by atoms with E-state index in [-0.39, 0.29) is 5.97 Å². The van der Waals surface area contributed by atoms with E-state index in [2.05, 4.69) is 12.2 Å². The average Bonchev–Trinajstić information content (AvgIpc) is 2.65. The first-order valence-corrected chi connectivity index (χ1v) is 6.73. The molecule has 0 fully saturated rings. The summed E-state index contributed by atoms with van der Waals surface area (Å²) in [5.41, 5.74) is 1.58. The monoisotopic (exact) mass is 272 g/mol. The molecule has 1 aliphatic carbocycles. The summed E-state index contributed by atoms with van der Waals surface area (Å²) < 4.78 is 10.5. The Kier molecular flexibility index (Phi) is 3.17. The van der Waals surface area contributed by atoms with Gasteiger partial charge in [-0.25, -0.2) is 4.79 Å². The molecule has 1 heterocycles. The van der Waals surface area contributed by atoms with E-state index in [1.165, 1.54) is 7.11 Å². The van der Waals surface area contributed by atoms with E-state index >= 15 is 0 Å². The van der Waals surface area contributed by atoms with E-state index in [1.807, 2.05) is 18.2 Å². The first-order valence-electron chi connectivity index (χ1n) is 5.91. The molecule has 0 unspecified atom stereocenters. The molecule has 4 heteroatoms. The highest BCUT2D eigenvalue weighted by Crippen LogP contribution is 2.44. The van der Waals surface area contributed by atoms with Crippen LogP contribution < -0.4 is 4.74 Å². The molecule has 19 heavy (non-hydrogen) atoms. The zero-order valence-corrected chi connectivity index (χ0v) is 11.2. The molecule has 3 nitrogen and oxygen atoms in total. The lowest BCUT2D eigenvalue weighted by Gasteiger charge is -2.10. The maximum absolute atomic E-state index is 11.8. The molecule has 0 radical (unpaired) electrons. The van der Waals surface area contributed by atoms with Gasteiger partial charge in [-0.2, -0.15) is 0 Å². The van der Waals surface area contributed by atoms with Crippen LogP contribution in [-0.4, -0.2) is 13.1 Å². The molecule has 1 aromatic rings. The Hall–Kier alpha value is -1.94. The number of hydrogen-bond acceptors (Lipinski definition) is 4.